The Kier molecular flexibility index (Phi) is 23.4. The van der Waals surface area contributed by atoms with Crippen LogP contribution < -0.4 is 0 Å². The first kappa shape index (κ1) is 29.0. The van der Waals surface area contributed by atoms with Crippen LogP contribution in [0.2, 0.25) is 0 Å². The summed E-state index contributed by atoms with van der Waals surface area (Å²) in [4.78, 5) is 0. The number of allylic oxidation sites excluding steroid dienone is 8. The van der Waals surface area contributed by atoms with Crippen molar-refractivity contribution in [3.8, 4) is 0 Å². The van der Waals surface area contributed by atoms with E-state index >= 15 is 0 Å². The predicted octanol–water partition coefficient (Wildman–Crippen LogP) is 10.8. The molecule has 0 aliphatic carbocycles. The topological polar surface area (TPSA) is 0 Å². The van der Waals surface area contributed by atoms with Crippen molar-refractivity contribution < 1.29 is 0 Å². The van der Waals surface area contributed by atoms with Crippen LogP contribution in [0.5, 0.6) is 0 Å². The fourth-order valence-corrected chi connectivity index (χ4v) is 3.82. The smallest absolute Gasteiger partial charge is 0.0169 e. The van der Waals surface area contributed by atoms with Crippen molar-refractivity contribution in [2.75, 3.05) is 0 Å². The van der Waals surface area contributed by atoms with E-state index in [0.717, 1.165) is 24.7 Å². The second-order valence-corrected chi connectivity index (χ2v) is 9.21. The molecule has 0 atom stereocenters. The largest absolute Gasteiger partial charge is 0.0882 e. The number of rotatable bonds is 21. The first-order chi connectivity index (χ1) is 14.7. The molecule has 0 fully saturated rings. The zero-order chi connectivity index (χ0) is 22.1. The summed E-state index contributed by atoms with van der Waals surface area (Å²) in [5.74, 6) is 1.64. The second kappa shape index (κ2) is 24.2. The van der Waals surface area contributed by atoms with Gasteiger partial charge in [-0.1, -0.05) is 115 Å². The van der Waals surface area contributed by atoms with Crippen molar-refractivity contribution in [1.29, 1.82) is 0 Å². The van der Waals surface area contributed by atoms with Gasteiger partial charge in [-0.2, -0.15) is 0 Å². The Labute approximate surface area is 191 Å². The van der Waals surface area contributed by atoms with Crippen LogP contribution in [0.15, 0.2) is 48.6 Å². The number of unbranched alkanes of at least 4 members (excludes halogenated alkanes) is 8. The third-order valence-electron chi connectivity index (χ3n) is 6.01. The Balaban J connectivity index is 3.77. The normalized spacial score (nSPS) is 12.9. The van der Waals surface area contributed by atoms with Crippen LogP contribution in [-0.4, -0.2) is 0 Å². The maximum atomic E-state index is 2.40. The molecular weight excluding hydrogens is 360 g/mol. The molecule has 0 rings (SSSR count). The van der Waals surface area contributed by atoms with E-state index in [1.165, 1.54) is 89.9 Å². The Morgan fingerprint density at radius 1 is 0.467 bits per heavy atom. The van der Waals surface area contributed by atoms with E-state index in [4.69, 9.17) is 0 Å². The van der Waals surface area contributed by atoms with Gasteiger partial charge in [-0.25, -0.2) is 0 Å². The molecule has 0 aliphatic heterocycles. The average molecular weight is 415 g/mol. The quantitative estimate of drug-likeness (QED) is 0.129. The van der Waals surface area contributed by atoms with Gasteiger partial charge < -0.3 is 0 Å². The molecule has 30 heavy (non-hydrogen) atoms. The van der Waals surface area contributed by atoms with Crippen molar-refractivity contribution in [3.05, 3.63) is 48.6 Å². The molecule has 0 N–H and O–H groups in total. The zero-order valence-corrected chi connectivity index (χ0v) is 21.1. The van der Waals surface area contributed by atoms with Crippen molar-refractivity contribution in [2.45, 2.75) is 130 Å². The van der Waals surface area contributed by atoms with Crippen LogP contribution in [0.1, 0.15) is 130 Å². The molecule has 0 heteroatoms. The van der Waals surface area contributed by atoms with Crippen molar-refractivity contribution in [2.24, 2.45) is 11.8 Å². The van der Waals surface area contributed by atoms with Gasteiger partial charge in [-0.05, 0) is 76.0 Å². The zero-order valence-electron chi connectivity index (χ0n) is 21.1. The summed E-state index contributed by atoms with van der Waals surface area (Å²) >= 11 is 0. The van der Waals surface area contributed by atoms with Gasteiger partial charge in [0.05, 0.1) is 0 Å². The molecule has 0 aromatic rings. The Bertz CT molecular complexity index is 397. The fraction of sp³-hybridized carbons (Fsp3) is 0.733. The maximum absolute atomic E-state index is 2.40. The number of hydrogen-bond acceptors (Lipinski definition) is 0. The van der Waals surface area contributed by atoms with E-state index in [9.17, 15) is 0 Å². The molecule has 0 aliphatic rings. The van der Waals surface area contributed by atoms with E-state index in [2.05, 4.69) is 76.3 Å². The molecule has 0 unspecified atom stereocenters. The highest BCUT2D eigenvalue weighted by Gasteiger charge is 2.11. The minimum Gasteiger partial charge on any atom is -0.0882 e. The molecule has 0 aromatic carbocycles. The molecule has 174 valence electrons. The lowest BCUT2D eigenvalue weighted by molar-refractivity contribution is 0.341. The maximum Gasteiger partial charge on any atom is -0.0169 e. The summed E-state index contributed by atoms with van der Waals surface area (Å²) in [5.41, 5.74) is 0. The predicted molar refractivity (Wildman–Crippen MR) is 140 cm³/mol. The van der Waals surface area contributed by atoms with Gasteiger partial charge in [-0.15, -0.1) is 0 Å². The molecular formula is C30H54. The third-order valence-corrected chi connectivity index (χ3v) is 6.01. The van der Waals surface area contributed by atoms with Crippen LogP contribution in [0.3, 0.4) is 0 Å². The lowest BCUT2D eigenvalue weighted by Crippen LogP contribution is -2.07. The molecule has 0 nitrogen and oxygen atoms in total. The first-order valence-electron chi connectivity index (χ1n) is 13.3. The highest BCUT2D eigenvalue weighted by molar-refractivity contribution is 4.94. The first-order valence-corrected chi connectivity index (χ1v) is 13.3. The van der Waals surface area contributed by atoms with Crippen LogP contribution >= 0.6 is 0 Å². The molecule has 0 amide bonds. The lowest BCUT2D eigenvalue weighted by Gasteiger charge is -2.19. The third kappa shape index (κ3) is 21.7. The van der Waals surface area contributed by atoms with E-state index in [1.54, 1.807) is 0 Å². The summed E-state index contributed by atoms with van der Waals surface area (Å²) in [6.45, 7) is 9.33. The second-order valence-electron chi connectivity index (χ2n) is 9.21. The monoisotopic (exact) mass is 414 g/mol. The van der Waals surface area contributed by atoms with E-state index in [-0.39, 0.29) is 0 Å². The molecule has 0 heterocycles. The Morgan fingerprint density at radius 3 is 1.23 bits per heavy atom. The lowest BCUT2D eigenvalue weighted by atomic mass is 9.87. The minimum atomic E-state index is 0.790. The Hall–Kier alpha value is -1.04. The average Bonchev–Trinajstić information content (AvgIpc) is 2.74. The van der Waals surface area contributed by atoms with E-state index < -0.39 is 0 Å². The minimum absolute atomic E-state index is 0.790. The molecule has 0 saturated heterocycles. The van der Waals surface area contributed by atoms with Crippen LogP contribution in [0.4, 0.5) is 0 Å². The summed E-state index contributed by atoms with van der Waals surface area (Å²) in [6, 6.07) is 0. The van der Waals surface area contributed by atoms with E-state index in [0.29, 0.717) is 0 Å². The summed E-state index contributed by atoms with van der Waals surface area (Å²) in [7, 11) is 0. The van der Waals surface area contributed by atoms with Gasteiger partial charge in [0.1, 0.15) is 0 Å². The summed E-state index contributed by atoms with van der Waals surface area (Å²) in [6.07, 6.45) is 39.7. The van der Waals surface area contributed by atoms with Crippen LogP contribution in [0, 0.1) is 11.8 Å². The molecule has 0 spiro atoms. The molecule has 0 aromatic heterocycles. The summed E-state index contributed by atoms with van der Waals surface area (Å²) in [5, 5.41) is 0. The van der Waals surface area contributed by atoms with Gasteiger partial charge in [-0.3, -0.25) is 0 Å². The van der Waals surface area contributed by atoms with Crippen molar-refractivity contribution >= 4 is 0 Å². The SMILES string of the molecule is CCCCCC/C=C/C/C=C/CCC(CC/C=C/C/C=C/CCCCCC)C(C)C. The van der Waals surface area contributed by atoms with Crippen molar-refractivity contribution in [3.63, 3.8) is 0 Å². The van der Waals surface area contributed by atoms with Crippen LogP contribution in [0.25, 0.3) is 0 Å². The van der Waals surface area contributed by atoms with Crippen LogP contribution in [-0.2, 0) is 0 Å². The van der Waals surface area contributed by atoms with Crippen molar-refractivity contribution in [1.82, 2.24) is 0 Å². The van der Waals surface area contributed by atoms with Gasteiger partial charge in [0, 0.05) is 0 Å². The fourth-order valence-electron chi connectivity index (χ4n) is 3.82. The van der Waals surface area contributed by atoms with Gasteiger partial charge >= 0.3 is 0 Å². The molecule has 0 radical (unpaired) electrons. The Morgan fingerprint density at radius 2 is 0.867 bits per heavy atom. The highest BCUT2D eigenvalue weighted by Crippen LogP contribution is 2.23. The standard InChI is InChI=1S/C30H54/c1-5-7-9-11-13-15-17-19-21-23-25-27-30(29(3)4)28-26-24-22-20-18-16-14-12-10-8-6-2/h15-18,21-24,29-30H,5-14,19-20,25-28H2,1-4H3/b17-15+,18-16+,23-21+,24-22+. The highest BCUT2D eigenvalue weighted by atomic mass is 14.2. The van der Waals surface area contributed by atoms with Gasteiger partial charge in [0.15, 0.2) is 0 Å². The summed E-state index contributed by atoms with van der Waals surface area (Å²) < 4.78 is 0. The molecule has 0 saturated carbocycles. The van der Waals surface area contributed by atoms with Gasteiger partial charge in [0.2, 0.25) is 0 Å². The van der Waals surface area contributed by atoms with E-state index in [1.807, 2.05) is 0 Å². The van der Waals surface area contributed by atoms with Gasteiger partial charge in [0.25, 0.3) is 0 Å². The number of hydrogen-bond donors (Lipinski definition) is 0. The molecule has 0 bridgehead atoms.